The Kier molecular flexibility index (Phi) is 6.44. The molecule has 4 aromatic carbocycles. The Morgan fingerprint density at radius 1 is 0.667 bits per heavy atom. The predicted molar refractivity (Wildman–Crippen MR) is 123 cm³/mol. The van der Waals surface area contributed by atoms with Gasteiger partial charge in [0.1, 0.15) is 18.1 Å². The average molecular weight is 390 g/mol. The van der Waals surface area contributed by atoms with E-state index in [-0.39, 0.29) is 0 Å². The zero-order valence-corrected chi connectivity index (χ0v) is 16.6. The highest BCUT2D eigenvalue weighted by Gasteiger charge is 2.05. The summed E-state index contributed by atoms with van der Waals surface area (Å²) in [5, 5.41) is 8.89. The first-order chi connectivity index (χ1) is 14.9. The van der Waals surface area contributed by atoms with E-state index >= 15 is 0 Å². The molecule has 3 heteroatoms. The number of rotatable bonds is 7. The highest BCUT2D eigenvalue weighted by atomic mass is 16.5. The van der Waals surface area contributed by atoms with Crippen molar-refractivity contribution in [2.45, 2.75) is 6.61 Å². The molecule has 0 radical (unpaired) electrons. The van der Waals surface area contributed by atoms with Gasteiger partial charge in [-0.3, -0.25) is 0 Å². The van der Waals surface area contributed by atoms with E-state index in [4.69, 9.17) is 4.74 Å². The minimum Gasteiger partial charge on any atom is -0.489 e. The van der Waals surface area contributed by atoms with Gasteiger partial charge in [-0.2, -0.15) is 5.10 Å². The third kappa shape index (κ3) is 5.30. The number of benzene rings is 4. The molecule has 3 nitrogen and oxygen atoms in total. The summed E-state index contributed by atoms with van der Waals surface area (Å²) < 4.78 is 5.90. The van der Waals surface area contributed by atoms with Gasteiger partial charge in [0.05, 0.1) is 6.21 Å². The fourth-order valence-corrected chi connectivity index (χ4v) is 3.05. The minimum atomic E-state index is 0.533. The molecule has 0 N–H and O–H groups in total. The summed E-state index contributed by atoms with van der Waals surface area (Å²) >= 11 is 0. The van der Waals surface area contributed by atoms with E-state index in [1.165, 1.54) is 0 Å². The summed E-state index contributed by atoms with van der Waals surface area (Å²) in [6.45, 7) is 0.533. The van der Waals surface area contributed by atoms with Gasteiger partial charge in [-0.05, 0) is 23.3 Å². The second-order valence-corrected chi connectivity index (χ2v) is 6.77. The summed E-state index contributed by atoms with van der Waals surface area (Å²) in [4.78, 5) is 0. The van der Waals surface area contributed by atoms with E-state index in [2.05, 4.69) is 22.3 Å². The minimum absolute atomic E-state index is 0.533. The van der Waals surface area contributed by atoms with Crippen LogP contribution in [0.3, 0.4) is 0 Å². The van der Waals surface area contributed by atoms with Crippen LogP contribution in [-0.2, 0) is 6.61 Å². The van der Waals surface area contributed by atoms with Gasteiger partial charge in [-0.25, -0.2) is 0 Å². The van der Waals surface area contributed by atoms with Crippen LogP contribution in [0.4, 0.5) is 0 Å². The molecular weight excluding hydrogens is 368 g/mol. The molecule has 0 bridgehead atoms. The second-order valence-electron chi connectivity index (χ2n) is 6.77. The fourth-order valence-electron chi connectivity index (χ4n) is 3.05. The van der Waals surface area contributed by atoms with E-state index < -0.39 is 0 Å². The highest BCUT2D eigenvalue weighted by Crippen LogP contribution is 2.15. The molecule has 0 saturated heterocycles. The van der Waals surface area contributed by atoms with Crippen LogP contribution in [0.2, 0.25) is 0 Å². The topological polar surface area (TPSA) is 34.0 Å². The van der Waals surface area contributed by atoms with Crippen molar-refractivity contribution in [1.29, 1.82) is 0 Å². The van der Waals surface area contributed by atoms with Gasteiger partial charge in [-0.1, -0.05) is 103 Å². The van der Waals surface area contributed by atoms with Crippen molar-refractivity contribution < 1.29 is 4.74 Å². The van der Waals surface area contributed by atoms with Crippen LogP contribution in [0, 0.1) is 0 Å². The van der Waals surface area contributed by atoms with E-state index in [1.54, 1.807) is 6.21 Å². The van der Waals surface area contributed by atoms with Crippen molar-refractivity contribution in [3.63, 3.8) is 0 Å². The zero-order valence-electron chi connectivity index (χ0n) is 16.6. The van der Waals surface area contributed by atoms with Gasteiger partial charge in [0.15, 0.2) is 0 Å². The molecule has 0 aliphatic rings. The molecule has 4 rings (SSSR count). The average Bonchev–Trinajstić information content (AvgIpc) is 2.83. The Balaban J connectivity index is 1.52. The third-order valence-electron chi connectivity index (χ3n) is 4.57. The normalized spacial score (nSPS) is 10.7. The van der Waals surface area contributed by atoms with Gasteiger partial charge in [0, 0.05) is 11.1 Å². The van der Waals surface area contributed by atoms with Crippen LogP contribution in [0.25, 0.3) is 0 Å². The Bertz CT molecular complexity index is 1080. The molecule has 0 heterocycles. The van der Waals surface area contributed by atoms with Gasteiger partial charge in [-0.15, -0.1) is 5.10 Å². The van der Waals surface area contributed by atoms with Crippen molar-refractivity contribution in [3.05, 3.63) is 138 Å². The fraction of sp³-hybridized carbons (Fsp3) is 0.0370. The van der Waals surface area contributed by atoms with E-state index in [9.17, 15) is 0 Å². The molecule has 0 aliphatic heterocycles. The summed E-state index contributed by atoms with van der Waals surface area (Å²) in [5.74, 6) is 0.804. The van der Waals surface area contributed by atoms with Crippen LogP contribution in [0.5, 0.6) is 5.75 Å². The standard InChI is InChI=1S/C27H22N2O/c1-4-11-22(12-5-1)21-30-26-18-10-13-23(19-26)20-28-29-27(24-14-6-2-7-15-24)25-16-8-3-9-17-25/h1-20H,21H2. The molecule has 146 valence electrons. The molecular formula is C27H22N2O. The quantitative estimate of drug-likeness (QED) is 0.276. The number of hydrogen-bond donors (Lipinski definition) is 0. The molecule has 0 atom stereocenters. The lowest BCUT2D eigenvalue weighted by Gasteiger charge is -2.07. The smallest absolute Gasteiger partial charge is 0.120 e. The Labute approximate surface area is 177 Å². The summed E-state index contributed by atoms with van der Waals surface area (Å²) in [7, 11) is 0. The van der Waals surface area contributed by atoms with Crippen LogP contribution >= 0.6 is 0 Å². The SMILES string of the molecule is C(=NN=C(c1ccccc1)c1ccccc1)c1cccc(OCc2ccccc2)c1. The van der Waals surface area contributed by atoms with Crippen molar-refractivity contribution >= 4 is 11.9 Å². The first-order valence-electron chi connectivity index (χ1n) is 9.87. The molecule has 0 spiro atoms. The molecule has 0 saturated carbocycles. The monoisotopic (exact) mass is 390 g/mol. The number of hydrogen-bond acceptors (Lipinski definition) is 3. The maximum Gasteiger partial charge on any atom is 0.120 e. The largest absolute Gasteiger partial charge is 0.489 e. The van der Waals surface area contributed by atoms with Gasteiger partial charge < -0.3 is 4.74 Å². The summed E-state index contributed by atoms with van der Waals surface area (Å²) in [6, 6.07) is 38.2. The van der Waals surface area contributed by atoms with Gasteiger partial charge >= 0.3 is 0 Å². The van der Waals surface area contributed by atoms with Crippen molar-refractivity contribution in [1.82, 2.24) is 0 Å². The first-order valence-corrected chi connectivity index (χ1v) is 9.87. The lowest BCUT2D eigenvalue weighted by atomic mass is 10.0. The second kappa shape index (κ2) is 9.99. The van der Waals surface area contributed by atoms with E-state index in [0.717, 1.165) is 33.7 Å². The third-order valence-corrected chi connectivity index (χ3v) is 4.57. The van der Waals surface area contributed by atoms with Crippen molar-refractivity contribution in [3.8, 4) is 5.75 Å². The molecule has 0 aromatic heterocycles. The maximum absolute atomic E-state index is 5.90. The van der Waals surface area contributed by atoms with Crippen LogP contribution in [0.15, 0.2) is 125 Å². The molecule has 30 heavy (non-hydrogen) atoms. The van der Waals surface area contributed by atoms with E-state index in [0.29, 0.717) is 6.61 Å². The van der Waals surface area contributed by atoms with Crippen LogP contribution in [-0.4, -0.2) is 11.9 Å². The molecule has 0 fully saturated rings. The first kappa shape index (κ1) is 19.3. The Hall–Kier alpha value is -3.98. The predicted octanol–water partition coefficient (Wildman–Crippen LogP) is 6.14. The summed E-state index contributed by atoms with van der Waals surface area (Å²) in [6.07, 6.45) is 1.75. The zero-order chi connectivity index (χ0) is 20.4. The lowest BCUT2D eigenvalue weighted by Crippen LogP contribution is -2.02. The number of ether oxygens (including phenoxy) is 1. The molecule has 0 unspecified atom stereocenters. The molecule has 0 amide bonds. The summed E-state index contributed by atoms with van der Waals surface area (Å²) in [5.41, 5.74) is 4.96. The number of nitrogens with zero attached hydrogens (tertiary/aromatic N) is 2. The van der Waals surface area contributed by atoms with Gasteiger partial charge in [0.25, 0.3) is 0 Å². The van der Waals surface area contributed by atoms with Crippen LogP contribution < -0.4 is 4.74 Å². The van der Waals surface area contributed by atoms with E-state index in [1.807, 2.05) is 103 Å². The Morgan fingerprint density at radius 3 is 1.90 bits per heavy atom. The molecule has 4 aromatic rings. The van der Waals surface area contributed by atoms with Crippen molar-refractivity contribution in [2.24, 2.45) is 10.2 Å². The molecule has 0 aliphatic carbocycles. The van der Waals surface area contributed by atoms with Crippen LogP contribution in [0.1, 0.15) is 22.3 Å². The Morgan fingerprint density at radius 2 is 1.27 bits per heavy atom. The highest BCUT2D eigenvalue weighted by molar-refractivity contribution is 6.12. The lowest BCUT2D eigenvalue weighted by molar-refractivity contribution is 0.306. The maximum atomic E-state index is 5.90. The van der Waals surface area contributed by atoms with Crippen molar-refractivity contribution in [2.75, 3.05) is 0 Å². The van der Waals surface area contributed by atoms with Gasteiger partial charge in [0.2, 0.25) is 0 Å².